The zero-order chi connectivity index (χ0) is 19.4. The fourth-order valence-corrected chi connectivity index (χ4v) is 3.58. The van der Waals surface area contributed by atoms with Crippen molar-refractivity contribution >= 4 is 34.8 Å². The molecule has 1 aliphatic heterocycles. The Morgan fingerprint density at radius 1 is 1.26 bits per heavy atom. The van der Waals surface area contributed by atoms with Crippen molar-refractivity contribution in [3.05, 3.63) is 59.1 Å². The van der Waals surface area contributed by atoms with E-state index in [2.05, 4.69) is 5.32 Å². The molecule has 2 aromatic rings. The molecule has 6 heteroatoms. The average Bonchev–Trinajstić information content (AvgIpc) is 3.07. The zero-order valence-corrected chi connectivity index (χ0v) is 16.4. The molecular weight excluding hydrogens is 362 g/mol. The highest BCUT2D eigenvalue weighted by Gasteiger charge is 2.22. The Balaban J connectivity index is 1.62. The van der Waals surface area contributed by atoms with Gasteiger partial charge in [-0.15, -0.1) is 0 Å². The van der Waals surface area contributed by atoms with Gasteiger partial charge in [-0.05, 0) is 50.2 Å². The van der Waals surface area contributed by atoms with Crippen LogP contribution < -0.4 is 10.2 Å². The second-order valence-electron chi connectivity index (χ2n) is 6.86. The molecule has 0 spiro atoms. The molecule has 2 aromatic carbocycles. The second-order valence-corrected chi connectivity index (χ2v) is 7.27. The molecule has 1 saturated heterocycles. The van der Waals surface area contributed by atoms with Gasteiger partial charge < -0.3 is 10.2 Å². The number of halogens is 1. The highest BCUT2D eigenvalue weighted by Crippen LogP contribution is 2.27. The van der Waals surface area contributed by atoms with E-state index in [1.165, 1.54) is 0 Å². The molecule has 0 radical (unpaired) electrons. The number of likely N-dealkylation sites (N-methyl/N-ethyl adjacent to an activating group) is 1. The minimum Gasteiger partial charge on any atom is -0.325 e. The number of carbonyl (C=O) groups is 2. The van der Waals surface area contributed by atoms with Crippen molar-refractivity contribution in [2.75, 3.05) is 30.4 Å². The summed E-state index contributed by atoms with van der Waals surface area (Å²) < 4.78 is 0. The molecule has 1 fully saturated rings. The summed E-state index contributed by atoms with van der Waals surface area (Å²) in [5.41, 5.74) is 2.51. The normalized spacial score (nSPS) is 15.3. The molecule has 2 amide bonds. The van der Waals surface area contributed by atoms with Gasteiger partial charge in [0.15, 0.2) is 0 Å². The summed E-state index contributed by atoms with van der Waals surface area (Å²) in [7, 11) is 1.90. The van der Waals surface area contributed by atoms with Crippen molar-refractivity contribution in [3.63, 3.8) is 0 Å². The van der Waals surface area contributed by atoms with Crippen LogP contribution in [0.4, 0.5) is 11.4 Å². The number of nitrogens with zero attached hydrogens (tertiary/aromatic N) is 2. The van der Waals surface area contributed by atoms with Gasteiger partial charge in [-0.2, -0.15) is 0 Å². The van der Waals surface area contributed by atoms with Crippen molar-refractivity contribution in [2.45, 2.75) is 25.8 Å². The van der Waals surface area contributed by atoms with Crippen LogP contribution in [0.15, 0.2) is 48.5 Å². The van der Waals surface area contributed by atoms with Gasteiger partial charge in [-0.25, -0.2) is 0 Å². The lowest BCUT2D eigenvalue weighted by atomic mass is 10.1. The highest BCUT2D eigenvalue weighted by molar-refractivity contribution is 6.31. The van der Waals surface area contributed by atoms with Gasteiger partial charge in [-0.1, -0.05) is 35.9 Å². The molecule has 27 heavy (non-hydrogen) atoms. The number of amides is 2. The standard InChI is InChI=1S/C21H24ClN3O2/c1-15(18-9-3-4-10-19(18)22)24(2)14-20(26)23-16-7-5-8-17(13-16)25-12-6-11-21(25)27/h3-5,7-10,13,15H,6,11-12,14H2,1-2H3,(H,23,26). The lowest BCUT2D eigenvalue weighted by Crippen LogP contribution is -2.32. The van der Waals surface area contributed by atoms with E-state index in [9.17, 15) is 9.59 Å². The Hall–Kier alpha value is -2.37. The third-order valence-corrected chi connectivity index (χ3v) is 5.27. The van der Waals surface area contributed by atoms with E-state index in [0.717, 1.165) is 24.2 Å². The first kappa shape index (κ1) is 19.4. The highest BCUT2D eigenvalue weighted by atomic mass is 35.5. The molecule has 142 valence electrons. The maximum Gasteiger partial charge on any atom is 0.238 e. The number of nitrogens with one attached hydrogen (secondary N) is 1. The number of hydrogen-bond donors (Lipinski definition) is 1. The van der Waals surface area contributed by atoms with Crippen molar-refractivity contribution in [1.82, 2.24) is 4.90 Å². The van der Waals surface area contributed by atoms with Crippen LogP contribution in [-0.2, 0) is 9.59 Å². The maximum absolute atomic E-state index is 12.5. The van der Waals surface area contributed by atoms with Gasteiger partial charge in [0, 0.05) is 35.4 Å². The predicted octanol–water partition coefficient (Wildman–Crippen LogP) is 4.10. The molecule has 1 unspecified atom stereocenters. The summed E-state index contributed by atoms with van der Waals surface area (Å²) in [6.45, 7) is 2.99. The molecule has 5 nitrogen and oxygen atoms in total. The van der Waals surface area contributed by atoms with Crippen molar-refractivity contribution < 1.29 is 9.59 Å². The zero-order valence-electron chi connectivity index (χ0n) is 15.6. The monoisotopic (exact) mass is 385 g/mol. The van der Waals surface area contributed by atoms with E-state index in [1.54, 1.807) is 4.90 Å². The predicted molar refractivity (Wildman–Crippen MR) is 109 cm³/mol. The number of benzene rings is 2. The SMILES string of the molecule is CC(c1ccccc1Cl)N(C)CC(=O)Nc1cccc(N2CCCC2=O)c1. The Bertz CT molecular complexity index is 840. The van der Waals surface area contributed by atoms with E-state index in [4.69, 9.17) is 11.6 Å². The largest absolute Gasteiger partial charge is 0.325 e. The summed E-state index contributed by atoms with van der Waals surface area (Å²) in [6.07, 6.45) is 1.46. The van der Waals surface area contributed by atoms with Crippen LogP contribution >= 0.6 is 11.6 Å². The van der Waals surface area contributed by atoms with Crippen LogP contribution in [-0.4, -0.2) is 36.9 Å². The van der Waals surface area contributed by atoms with Gasteiger partial charge in [-0.3, -0.25) is 14.5 Å². The average molecular weight is 386 g/mol. The summed E-state index contributed by atoms with van der Waals surface area (Å²) in [5.74, 6) is 0.0214. The Morgan fingerprint density at radius 2 is 2.04 bits per heavy atom. The van der Waals surface area contributed by atoms with E-state index in [-0.39, 0.29) is 24.4 Å². The van der Waals surface area contributed by atoms with Crippen molar-refractivity contribution in [1.29, 1.82) is 0 Å². The Labute approximate surface area is 164 Å². The first-order chi connectivity index (χ1) is 13.0. The summed E-state index contributed by atoms with van der Waals surface area (Å²) in [5, 5.41) is 3.62. The topological polar surface area (TPSA) is 52.7 Å². The molecule has 0 aromatic heterocycles. The van der Waals surface area contributed by atoms with E-state index in [0.29, 0.717) is 17.1 Å². The molecule has 1 N–H and O–H groups in total. The number of hydrogen-bond acceptors (Lipinski definition) is 3. The van der Waals surface area contributed by atoms with Crippen LogP contribution in [0.5, 0.6) is 0 Å². The quantitative estimate of drug-likeness (QED) is 0.814. The van der Waals surface area contributed by atoms with E-state index >= 15 is 0 Å². The molecule has 0 bridgehead atoms. The number of carbonyl (C=O) groups excluding carboxylic acids is 2. The molecule has 1 heterocycles. The minimum absolute atomic E-state index is 0.0120. The molecule has 0 saturated carbocycles. The van der Waals surface area contributed by atoms with Crippen LogP contribution in [0, 0.1) is 0 Å². The summed E-state index contributed by atoms with van der Waals surface area (Å²) >= 11 is 6.26. The third kappa shape index (κ3) is 4.67. The van der Waals surface area contributed by atoms with Crippen LogP contribution in [0.25, 0.3) is 0 Å². The second kappa shape index (κ2) is 8.55. The van der Waals surface area contributed by atoms with Gasteiger partial charge in [0.05, 0.1) is 6.54 Å². The van der Waals surface area contributed by atoms with Crippen LogP contribution in [0.2, 0.25) is 5.02 Å². The van der Waals surface area contributed by atoms with Gasteiger partial charge in [0.2, 0.25) is 11.8 Å². The van der Waals surface area contributed by atoms with E-state index in [1.807, 2.05) is 67.4 Å². The smallest absolute Gasteiger partial charge is 0.238 e. The molecular formula is C21H24ClN3O2. The van der Waals surface area contributed by atoms with Gasteiger partial charge in [0.1, 0.15) is 0 Å². The fraction of sp³-hybridized carbons (Fsp3) is 0.333. The Morgan fingerprint density at radius 3 is 2.74 bits per heavy atom. The summed E-state index contributed by atoms with van der Waals surface area (Å²) in [6, 6.07) is 15.1. The van der Waals surface area contributed by atoms with Gasteiger partial charge in [0.25, 0.3) is 0 Å². The van der Waals surface area contributed by atoms with Crippen LogP contribution in [0.1, 0.15) is 31.4 Å². The van der Waals surface area contributed by atoms with Crippen LogP contribution in [0.3, 0.4) is 0 Å². The van der Waals surface area contributed by atoms with Crippen molar-refractivity contribution in [2.24, 2.45) is 0 Å². The molecule has 3 rings (SSSR count). The number of anilines is 2. The molecule has 0 aliphatic carbocycles. The molecule has 1 atom stereocenters. The lowest BCUT2D eigenvalue weighted by Gasteiger charge is -2.25. The lowest BCUT2D eigenvalue weighted by molar-refractivity contribution is -0.118. The van der Waals surface area contributed by atoms with E-state index < -0.39 is 0 Å². The third-order valence-electron chi connectivity index (χ3n) is 4.92. The Kier molecular flexibility index (Phi) is 6.14. The van der Waals surface area contributed by atoms with Crippen molar-refractivity contribution in [3.8, 4) is 0 Å². The first-order valence-electron chi connectivity index (χ1n) is 9.10. The first-order valence-corrected chi connectivity index (χ1v) is 9.48. The maximum atomic E-state index is 12.5. The number of rotatable bonds is 6. The molecule has 1 aliphatic rings. The summed E-state index contributed by atoms with van der Waals surface area (Å²) in [4.78, 5) is 28.1. The fourth-order valence-electron chi connectivity index (χ4n) is 3.29. The minimum atomic E-state index is -0.110. The van der Waals surface area contributed by atoms with Gasteiger partial charge >= 0.3 is 0 Å².